The van der Waals surface area contributed by atoms with Gasteiger partial charge in [0.1, 0.15) is 17.1 Å². The molecule has 0 saturated carbocycles. The molecule has 1 fully saturated rings. The number of alkyl halides is 3. The lowest BCUT2D eigenvalue weighted by atomic mass is 10.2. The van der Waals surface area contributed by atoms with Gasteiger partial charge in [-0.3, -0.25) is 14.2 Å². The highest BCUT2D eigenvalue weighted by molar-refractivity contribution is 5.97. The second-order valence-electron chi connectivity index (χ2n) is 6.53. The van der Waals surface area contributed by atoms with Gasteiger partial charge in [0.2, 0.25) is 0 Å². The third-order valence-corrected chi connectivity index (χ3v) is 4.63. The molecule has 0 atom stereocenters. The molecule has 1 aromatic carbocycles. The van der Waals surface area contributed by atoms with Gasteiger partial charge in [-0.05, 0) is 49.2 Å². The lowest BCUT2D eigenvalue weighted by molar-refractivity contribution is -0.274. The molecule has 1 amide bonds. The van der Waals surface area contributed by atoms with E-state index in [1.807, 2.05) is 0 Å². The van der Waals surface area contributed by atoms with Crippen molar-refractivity contribution in [2.45, 2.75) is 19.2 Å². The Bertz CT molecular complexity index is 1080. The third-order valence-electron chi connectivity index (χ3n) is 4.63. The Morgan fingerprint density at radius 2 is 1.71 bits per heavy atom. The maximum absolute atomic E-state index is 12.6. The predicted octanol–water partition coefficient (Wildman–Crippen LogP) is 3.45. The number of H-pyrrole nitrogens is 1. The van der Waals surface area contributed by atoms with Crippen LogP contribution in [0.4, 0.5) is 13.2 Å². The molecule has 1 saturated heterocycles. The lowest BCUT2D eigenvalue weighted by Crippen LogP contribution is -2.27. The minimum Gasteiger partial charge on any atom is -0.406 e. The van der Waals surface area contributed by atoms with Crippen LogP contribution in [0, 0.1) is 0 Å². The van der Waals surface area contributed by atoms with Crippen LogP contribution in [0.15, 0.2) is 47.3 Å². The smallest absolute Gasteiger partial charge is 0.406 e. The van der Waals surface area contributed by atoms with Crippen molar-refractivity contribution < 1.29 is 22.7 Å². The highest BCUT2D eigenvalue weighted by Gasteiger charge is 2.31. The maximum Gasteiger partial charge on any atom is 0.573 e. The first-order valence-corrected chi connectivity index (χ1v) is 8.72. The summed E-state index contributed by atoms with van der Waals surface area (Å²) in [6.45, 7) is 1.39. The molecule has 0 radical (unpaired) electrons. The van der Waals surface area contributed by atoms with Gasteiger partial charge in [0.05, 0.1) is 5.69 Å². The zero-order valence-corrected chi connectivity index (χ0v) is 14.6. The lowest BCUT2D eigenvalue weighted by Gasteiger charge is -2.13. The fourth-order valence-electron chi connectivity index (χ4n) is 3.38. The molecule has 28 heavy (non-hydrogen) atoms. The number of nitrogens with zero attached hydrogens (tertiary/aromatic N) is 2. The number of carbonyl (C=O) groups excluding carboxylic acids is 1. The fraction of sp³-hybridized carbons (Fsp3) is 0.263. The third kappa shape index (κ3) is 3.47. The van der Waals surface area contributed by atoms with E-state index in [1.54, 1.807) is 17.0 Å². The Morgan fingerprint density at radius 3 is 2.36 bits per heavy atom. The van der Waals surface area contributed by atoms with Crippen LogP contribution in [0.5, 0.6) is 5.75 Å². The van der Waals surface area contributed by atoms with Crippen molar-refractivity contribution in [3.8, 4) is 11.4 Å². The number of aromatic amines is 1. The Balaban J connectivity index is 1.73. The molecule has 4 rings (SSSR count). The molecule has 146 valence electrons. The van der Waals surface area contributed by atoms with Crippen molar-refractivity contribution in [2.24, 2.45) is 0 Å². The number of amides is 1. The van der Waals surface area contributed by atoms with E-state index < -0.39 is 6.36 Å². The number of rotatable bonds is 3. The zero-order valence-electron chi connectivity index (χ0n) is 14.6. The molecule has 6 nitrogen and oxygen atoms in total. The average molecular weight is 391 g/mol. The van der Waals surface area contributed by atoms with Crippen LogP contribution >= 0.6 is 0 Å². The summed E-state index contributed by atoms with van der Waals surface area (Å²) in [5.41, 5.74) is 0.749. The van der Waals surface area contributed by atoms with Crippen molar-refractivity contribution in [2.75, 3.05) is 13.1 Å². The quantitative estimate of drug-likeness (QED) is 0.744. The number of fused-ring (bicyclic) bond motifs is 1. The van der Waals surface area contributed by atoms with Gasteiger partial charge in [-0.15, -0.1) is 13.2 Å². The number of benzene rings is 1. The normalized spacial score (nSPS) is 14.6. The summed E-state index contributed by atoms with van der Waals surface area (Å²) >= 11 is 0. The van der Waals surface area contributed by atoms with E-state index in [0.717, 1.165) is 25.0 Å². The van der Waals surface area contributed by atoms with Crippen molar-refractivity contribution in [3.05, 3.63) is 58.5 Å². The van der Waals surface area contributed by atoms with Gasteiger partial charge >= 0.3 is 6.36 Å². The van der Waals surface area contributed by atoms with Crippen LogP contribution in [0.2, 0.25) is 0 Å². The van der Waals surface area contributed by atoms with Crippen molar-refractivity contribution in [3.63, 3.8) is 0 Å². The van der Waals surface area contributed by atoms with Gasteiger partial charge in [0, 0.05) is 24.5 Å². The largest absolute Gasteiger partial charge is 0.573 e. The van der Waals surface area contributed by atoms with Crippen LogP contribution in [0.25, 0.3) is 16.7 Å². The van der Waals surface area contributed by atoms with E-state index in [4.69, 9.17) is 0 Å². The second kappa shape index (κ2) is 6.74. The number of hydrogen-bond donors (Lipinski definition) is 1. The van der Waals surface area contributed by atoms with E-state index >= 15 is 0 Å². The van der Waals surface area contributed by atoms with Crippen LogP contribution in [-0.2, 0) is 0 Å². The van der Waals surface area contributed by atoms with Gasteiger partial charge in [-0.25, -0.2) is 0 Å². The molecule has 9 heteroatoms. The summed E-state index contributed by atoms with van der Waals surface area (Å²) in [5.74, 6) is -0.519. The molecule has 0 unspecified atom stereocenters. The minimum absolute atomic E-state index is 0.137. The number of halogens is 3. The molecule has 2 aromatic heterocycles. The first-order valence-electron chi connectivity index (χ1n) is 8.72. The molecule has 1 aliphatic heterocycles. The van der Waals surface area contributed by atoms with Gasteiger partial charge in [0.15, 0.2) is 0 Å². The molecular weight excluding hydrogens is 375 g/mol. The molecule has 0 bridgehead atoms. The summed E-state index contributed by atoms with van der Waals surface area (Å²) in [6, 6.07) is 9.59. The number of likely N-dealkylation sites (tertiary alicyclic amines) is 1. The predicted molar refractivity (Wildman–Crippen MR) is 95.7 cm³/mol. The standard InChI is InChI=1S/C19H16F3N3O3/c20-19(21,22)28-14-6-4-13(5-7-14)25-16(26)8-3-12-11-15(23-17(12)25)18(27)24-9-1-2-10-24/h3-8,11,23H,1-2,9-10H2. The van der Waals surface area contributed by atoms with E-state index in [9.17, 15) is 22.8 Å². The number of nitrogens with one attached hydrogen (secondary N) is 1. The summed E-state index contributed by atoms with van der Waals surface area (Å²) < 4.78 is 42.1. The van der Waals surface area contributed by atoms with Crippen LogP contribution < -0.4 is 10.3 Å². The monoisotopic (exact) mass is 391 g/mol. The first-order chi connectivity index (χ1) is 13.3. The van der Waals surface area contributed by atoms with Gasteiger partial charge in [-0.2, -0.15) is 0 Å². The van der Waals surface area contributed by atoms with Gasteiger partial charge in [0.25, 0.3) is 11.5 Å². The number of hydrogen-bond acceptors (Lipinski definition) is 3. The molecule has 0 spiro atoms. The molecule has 0 aliphatic carbocycles. The topological polar surface area (TPSA) is 67.3 Å². The minimum atomic E-state index is -4.79. The average Bonchev–Trinajstić information content (AvgIpc) is 3.30. The van der Waals surface area contributed by atoms with Crippen molar-refractivity contribution in [1.29, 1.82) is 0 Å². The molecule has 1 N–H and O–H groups in total. The Hall–Kier alpha value is -3.23. The van der Waals surface area contributed by atoms with Crippen molar-refractivity contribution in [1.82, 2.24) is 14.5 Å². The van der Waals surface area contributed by atoms with E-state index in [2.05, 4.69) is 9.72 Å². The SMILES string of the molecule is O=C(c1cc2ccc(=O)n(-c3ccc(OC(F)(F)F)cc3)c2[nH]1)N1CCCC1. The highest BCUT2D eigenvalue weighted by atomic mass is 19.4. The highest BCUT2D eigenvalue weighted by Crippen LogP contribution is 2.25. The van der Waals surface area contributed by atoms with Gasteiger partial charge < -0.3 is 14.6 Å². The number of pyridine rings is 1. The van der Waals surface area contributed by atoms with Crippen LogP contribution in [0.3, 0.4) is 0 Å². The molecule has 1 aliphatic rings. The zero-order chi connectivity index (χ0) is 19.9. The summed E-state index contributed by atoms with van der Waals surface area (Å²) in [7, 11) is 0. The Morgan fingerprint density at radius 1 is 1.04 bits per heavy atom. The molecule has 3 aromatic rings. The van der Waals surface area contributed by atoms with E-state index in [-0.39, 0.29) is 17.2 Å². The number of ether oxygens (including phenoxy) is 1. The summed E-state index contributed by atoms with van der Waals surface area (Å²) in [6.07, 6.45) is -2.87. The van der Waals surface area contributed by atoms with E-state index in [0.29, 0.717) is 35.5 Å². The van der Waals surface area contributed by atoms with Crippen LogP contribution in [0.1, 0.15) is 23.3 Å². The van der Waals surface area contributed by atoms with Crippen LogP contribution in [-0.4, -0.2) is 39.8 Å². The maximum atomic E-state index is 12.6. The molecular formula is C19H16F3N3O3. The van der Waals surface area contributed by atoms with E-state index in [1.165, 1.54) is 22.8 Å². The van der Waals surface area contributed by atoms with Crippen molar-refractivity contribution >= 4 is 16.9 Å². The molecule has 3 heterocycles. The van der Waals surface area contributed by atoms with Gasteiger partial charge in [-0.1, -0.05) is 0 Å². The Labute approximate surface area is 157 Å². The number of aromatic nitrogens is 2. The number of carbonyl (C=O) groups is 1. The summed E-state index contributed by atoms with van der Waals surface area (Å²) in [5, 5.41) is 0.651. The summed E-state index contributed by atoms with van der Waals surface area (Å²) in [4.78, 5) is 29.8. The second-order valence-corrected chi connectivity index (χ2v) is 6.53. The first kappa shape index (κ1) is 18.1. The fourth-order valence-corrected chi connectivity index (χ4v) is 3.38. The Kier molecular flexibility index (Phi) is 4.37.